The van der Waals surface area contributed by atoms with Crippen molar-refractivity contribution >= 4 is 74.8 Å². The summed E-state index contributed by atoms with van der Waals surface area (Å²) < 4.78 is 12.3. The first-order valence-electron chi connectivity index (χ1n) is 11.1. The van der Waals surface area contributed by atoms with E-state index in [0.717, 1.165) is 31.4 Å². The number of hydrogen-bond acceptors (Lipinski definition) is 6. The number of methoxy groups -OCH3 is 1. The normalized spacial score (nSPS) is 14.3. The lowest BCUT2D eigenvalue weighted by atomic mass is 10.1. The monoisotopic (exact) mass is 648 g/mol. The number of carbonyl (C=O) groups excluding carboxylic acids is 3. The standard InChI is InChI=1S/C27H22ClIN2O5S/c1-16-4-3-5-20(10-16)30-24(32)14-31-26(33)23(37-27(31)34)13-18-11-21(29)25(22(12-18)35-2)36-15-17-6-8-19(28)9-7-17/h3-13H,14-15H2,1-2H3,(H,30,32)/b23-13+. The van der Waals surface area contributed by atoms with Gasteiger partial charge >= 0.3 is 0 Å². The van der Waals surface area contributed by atoms with Gasteiger partial charge in [-0.2, -0.15) is 0 Å². The van der Waals surface area contributed by atoms with Crippen LogP contribution in [0.1, 0.15) is 16.7 Å². The number of amides is 3. The molecular formula is C27H22ClIN2O5S. The van der Waals surface area contributed by atoms with Crippen LogP contribution in [0.2, 0.25) is 5.02 Å². The minimum atomic E-state index is -0.522. The van der Waals surface area contributed by atoms with Crippen LogP contribution in [0, 0.1) is 10.5 Å². The molecule has 3 amide bonds. The Bertz CT molecular complexity index is 1390. The van der Waals surface area contributed by atoms with Crippen LogP contribution in [-0.4, -0.2) is 35.6 Å². The summed E-state index contributed by atoms with van der Waals surface area (Å²) in [5, 5.41) is 2.87. The summed E-state index contributed by atoms with van der Waals surface area (Å²) in [7, 11) is 1.53. The highest BCUT2D eigenvalue weighted by Crippen LogP contribution is 2.37. The van der Waals surface area contributed by atoms with Gasteiger partial charge in [-0.15, -0.1) is 0 Å². The van der Waals surface area contributed by atoms with E-state index in [0.29, 0.717) is 34.4 Å². The van der Waals surface area contributed by atoms with Crippen LogP contribution in [0.5, 0.6) is 11.5 Å². The van der Waals surface area contributed by atoms with Gasteiger partial charge in [-0.05, 0) is 100 Å². The van der Waals surface area contributed by atoms with Crippen molar-refractivity contribution in [3.05, 3.63) is 90.9 Å². The summed E-state index contributed by atoms with van der Waals surface area (Å²) >= 11 is 8.87. The summed E-state index contributed by atoms with van der Waals surface area (Å²) in [4.78, 5) is 39.0. The van der Waals surface area contributed by atoms with E-state index in [2.05, 4.69) is 27.9 Å². The Labute approximate surface area is 237 Å². The van der Waals surface area contributed by atoms with Crippen molar-refractivity contribution < 1.29 is 23.9 Å². The number of hydrogen-bond donors (Lipinski definition) is 1. The van der Waals surface area contributed by atoms with Crippen molar-refractivity contribution in [3.63, 3.8) is 0 Å². The molecule has 3 aromatic carbocycles. The number of imide groups is 1. The van der Waals surface area contributed by atoms with E-state index in [-0.39, 0.29) is 11.4 Å². The summed E-state index contributed by atoms with van der Waals surface area (Å²) in [5.74, 6) is 0.0824. The van der Waals surface area contributed by atoms with Crippen LogP contribution >= 0.6 is 46.0 Å². The van der Waals surface area contributed by atoms with E-state index in [1.54, 1.807) is 30.3 Å². The minimum absolute atomic E-state index is 0.223. The summed E-state index contributed by atoms with van der Waals surface area (Å²) in [6.45, 7) is 1.87. The molecule has 4 rings (SSSR count). The number of anilines is 1. The number of ether oxygens (including phenoxy) is 2. The summed E-state index contributed by atoms with van der Waals surface area (Å²) in [5.41, 5.74) is 3.20. The Kier molecular flexibility index (Phi) is 8.78. The maximum Gasteiger partial charge on any atom is 0.294 e. The van der Waals surface area contributed by atoms with E-state index in [1.807, 2.05) is 43.3 Å². The van der Waals surface area contributed by atoms with E-state index in [4.69, 9.17) is 21.1 Å². The molecule has 1 heterocycles. The van der Waals surface area contributed by atoms with Gasteiger partial charge < -0.3 is 14.8 Å². The zero-order chi connectivity index (χ0) is 26.5. The number of nitrogens with zero attached hydrogens (tertiary/aromatic N) is 1. The highest BCUT2D eigenvalue weighted by atomic mass is 127. The van der Waals surface area contributed by atoms with Gasteiger partial charge in [-0.25, -0.2) is 0 Å². The fourth-order valence-electron chi connectivity index (χ4n) is 3.55. The molecule has 10 heteroatoms. The second kappa shape index (κ2) is 12.0. The molecule has 3 aromatic rings. The van der Waals surface area contributed by atoms with Crippen LogP contribution < -0.4 is 14.8 Å². The first-order chi connectivity index (χ1) is 17.7. The van der Waals surface area contributed by atoms with Crippen molar-refractivity contribution in [2.45, 2.75) is 13.5 Å². The highest BCUT2D eigenvalue weighted by molar-refractivity contribution is 14.1. The first kappa shape index (κ1) is 27.0. The molecule has 1 fully saturated rings. The Morgan fingerprint density at radius 2 is 1.89 bits per heavy atom. The second-order valence-electron chi connectivity index (χ2n) is 8.13. The van der Waals surface area contributed by atoms with E-state index < -0.39 is 17.1 Å². The van der Waals surface area contributed by atoms with Crippen molar-refractivity contribution in [1.82, 2.24) is 4.90 Å². The molecule has 190 valence electrons. The Morgan fingerprint density at radius 1 is 1.14 bits per heavy atom. The highest BCUT2D eigenvalue weighted by Gasteiger charge is 2.36. The van der Waals surface area contributed by atoms with Crippen molar-refractivity contribution in [2.24, 2.45) is 0 Å². The second-order valence-corrected chi connectivity index (χ2v) is 10.7. The SMILES string of the molecule is COc1cc(/C=C2/SC(=O)N(CC(=O)Nc3cccc(C)c3)C2=O)cc(I)c1OCc1ccc(Cl)cc1. The smallest absolute Gasteiger partial charge is 0.294 e. The third-order valence-electron chi connectivity index (χ3n) is 5.32. The molecule has 37 heavy (non-hydrogen) atoms. The fraction of sp³-hybridized carbons (Fsp3) is 0.148. The van der Waals surface area contributed by atoms with Crippen molar-refractivity contribution in [1.29, 1.82) is 0 Å². The summed E-state index contributed by atoms with van der Waals surface area (Å²) in [6.07, 6.45) is 1.61. The Balaban J connectivity index is 1.46. The van der Waals surface area contributed by atoms with Crippen LogP contribution in [0.3, 0.4) is 0 Å². The molecule has 0 radical (unpaired) electrons. The average molecular weight is 649 g/mol. The number of aryl methyl sites for hydroxylation is 1. The molecule has 7 nitrogen and oxygen atoms in total. The number of nitrogens with one attached hydrogen (secondary N) is 1. The zero-order valence-electron chi connectivity index (χ0n) is 19.9. The lowest BCUT2D eigenvalue weighted by Crippen LogP contribution is -2.36. The minimum Gasteiger partial charge on any atom is -0.493 e. The van der Waals surface area contributed by atoms with Crippen LogP contribution in [-0.2, 0) is 16.2 Å². The number of thioether (sulfide) groups is 1. The average Bonchev–Trinajstić information content (AvgIpc) is 3.11. The van der Waals surface area contributed by atoms with Gasteiger partial charge in [-0.3, -0.25) is 19.3 Å². The molecule has 0 aromatic heterocycles. The molecule has 0 aliphatic carbocycles. The molecule has 1 aliphatic rings. The molecule has 1 N–H and O–H groups in total. The van der Waals surface area contributed by atoms with Gasteiger partial charge in [0.2, 0.25) is 5.91 Å². The predicted molar refractivity (Wildman–Crippen MR) is 154 cm³/mol. The van der Waals surface area contributed by atoms with Crippen molar-refractivity contribution in [3.8, 4) is 11.5 Å². The largest absolute Gasteiger partial charge is 0.493 e. The quantitative estimate of drug-likeness (QED) is 0.221. The predicted octanol–water partition coefficient (Wildman–Crippen LogP) is 6.52. The molecule has 1 aliphatic heterocycles. The molecule has 0 spiro atoms. The number of rotatable bonds is 8. The molecule has 0 atom stereocenters. The molecule has 0 saturated carbocycles. The van der Waals surface area contributed by atoms with E-state index >= 15 is 0 Å². The van der Waals surface area contributed by atoms with Gasteiger partial charge in [0.15, 0.2) is 11.5 Å². The van der Waals surface area contributed by atoms with Crippen LogP contribution in [0.15, 0.2) is 65.6 Å². The Hall–Kier alpha value is -3.02. The number of halogens is 2. The zero-order valence-corrected chi connectivity index (χ0v) is 23.6. The van der Waals surface area contributed by atoms with Gasteiger partial charge in [-0.1, -0.05) is 35.9 Å². The maximum atomic E-state index is 12.9. The Morgan fingerprint density at radius 3 is 2.59 bits per heavy atom. The summed E-state index contributed by atoms with van der Waals surface area (Å²) in [6, 6.07) is 18.2. The molecule has 0 unspecified atom stereocenters. The van der Waals surface area contributed by atoms with Gasteiger partial charge in [0, 0.05) is 10.7 Å². The van der Waals surface area contributed by atoms with Gasteiger partial charge in [0.05, 0.1) is 15.6 Å². The molecular weight excluding hydrogens is 627 g/mol. The molecule has 1 saturated heterocycles. The number of benzene rings is 3. The first-order valence-corrected chi connectivity index (χ1v) is 13.4. The lowest BCUT2D eigenvalue weighted by Gasteiger charge is -2.14. The van der Waals surface area contributed by atoms with Crippen molar-refractivity contribution in [2.75, 3.05) is 19.0 Å². The topological polar surface area (TPSA) is 84.9 Å². The maximum absolute atomic E-state index is 12.9. The third-order valence-corrected chi connectivity index (χ3v) is 7.28. The van der Waals surface area contributed by atoms with Crippen LogP contribution in [0.4, 0.5) is 10.5 Å². The van der Waals surface area contributed by atoms with Crippen LogP contribution in [0.25, 0.3) is 6.08 Å². The number of carbonyl (C=O) groups is 3. The third kappa shape index (κ3) is 6.85. The van der Waals surface area contributed by atoms with Gasteiger partial charge in [0.25, 0.3) is 11.1 Å². The lowest BCUT2D eigenvalue weighted by molar-refractivity contribution is -0.127. The molecule has 0 bridgehead atoms. The van der Waals surface area contributed by atoms with Gasteiger partial charge in [0.1, 0.15) is 13.2 Å². The van der Waals surface area contributed by atoms with E-state index in [1.165, 1.54) is 7.11 Å². The van der Waals surface area contributed by atoms with E-state index in [9.17, 15) is 14.4 Å². The fourth-order valence-corrected chi connectivity index (χ4v) is 5.30.